The second-order valence-corrected chi connectivity index (χ2v) is 10.4. The maximum absolute atomic E-state index is 14.6. The van der Waals surface area contributed by atoms with Crippen LogP contribution in [-0.4, -0.2) is 32.1 Å². The molecular weight excluding hydrogens is 492 g/mol. The molecule has 5 N–H and O–H groups in total. The largest absolute Gasteiger partial charge is 0.451 e. The van der Waals surface area contributed by atoms with Crippen molar-refractivity contribution in [3.05, 3.63) is 53.1 Å². The molecule has 0 heterocycles. The molecule has 0 unspecified atom stereocenters. The fourth-order valence-electron chi connectivity index (χ4n) is 3.99. The van der Waals surface area contributed by atoms with E-state index < -0.39 is 44.3 Å². The molecule has 0 aromatic heterocycles. The summed E-state index contributed by atoms with van der Waals surface area (Å²) in [6, 6.07) is 5.58. The first kappa shape index (κ1) is 26.3. The third kappa shape index (κ3) is 6.63. The van der Waals surface area contributed by atoms with Gasteiger partial charge >= 0.3 is 0 Å². The maximum Gasteiger partial charge on any atom is 0.261 e. The number of hydrogen-bond acceptors (Lipinski definition) is 6. The monoisotopic (exact) mass is 517 g/mol. The molecule has 0 saturated heterocycles. The van der Waals surface area contributed by atoms with E-state index in [0.717, 1.165) is 25.7 Å². The molecule has 0 aliphatic heterocycles. The van der Waals surface area contributed by atoms with E-state index in [9.17, 15) is 22.0 Å². The third-order valence-corrected chi connectivity index (χ3v) is 7.61. The molecule has 2 aromatic carbocycles. The zero-order valence-corrected chi connectivity index (χ0v) is 19.7. The van der Waals surface area contributed by atoms with Crippen molar-refractivity contribution in [2.24, 2.45) is 17.6 Å². The zero-order valence-electron chi connectivity index (χ0n) is 18.1. The first-order chi connectivity index (χ1) is 16.1. The predicted molar refractivity (Wildman–Crippen MR) is 121 cm³/mol. The van der Waals surface area contributed by atoms with Crippen LogP contribution in [0, 0.1) is 23.5 Å². The lowest BCUT2D eigenvalue weighted by Gasteiger charge is -2.30. The molecule has 1 fully saturated rings. The van der Waals surface area contributed by atoms with Crippen molar-refractivity contribution in [1.82, 2.24) is 10.2 Å². The Bertz CT molecular complexity index is 1090. The minimum Gasteiger partial charge on any atom is -0.451 e. The molecule has 3 rings (SSSR count). The summed E-state index contributed by atoms with van der Waals surface area (Å²) < 4.78 is 62.2. The van der Waals surface area contributed by atoms with Crippen molar-refractivity contribution in [3.63, 3.8) is 0 Å². The molecule has 12 heteroatoms. The van der Waals surface area contributed by atoms with Gasteiger partial charge in [0.1, 0.15) is 11.8 Å². The highest BCUT2D eigenvalue weighted by atomic mass is 35.5. The molecule has 34 heavy (non-hydrogen) atoms. The van der Waals surface area contributed by atoms with Crippen molar-refractivity contribution in [3.8, 4) is 11.5 Å². The SMILES string of the molecule is NCC1CCC(C[C@H](NS(=O)(=O)c2cc(F)c(Oc3ccc(Cl)cc3)c(F)c2)C(=O)NO)CC1. The van der Waals surface area contributed by atoms with Gasteiger partial charge in [-0.25, -0.2) is 22.7 Å². The summed E-state index contributed by atoms with van der Waals surface area (Å²) >= 11 is 5.77. The van der Waals surface area contributed by atoms with Gasteiger partial charge in [0.15, 0.2) is 17.4 Å². The summed E-state index contributed by atoms with van der Waals surface area (Å²) in [7, 11) is -4.52. The van der Waals surface area contributed by atoms with Gasteiger partial charge in [0.05, 0.1) is 4.90 Å². The summed E-state index contributed by atoms with van der Waals surface area (Å²) in [4.78, 5) is 11.4. The summed E-state index contributed by atoms with van der Waals surface area (Å²) in [6.45, 7) is 0.564. The van der Waals surface area contributed by atoms with Gasteiger partial charge < -0.3 is 10.5 Å². The van der Waals surface area contributed by atoms with Gasteiger partial charge in [0.25, 0.3) is 5.91 Å². The number of amides is 1. The minimum atomic E-state index is -4.52. The highest BCUT2D eigenvalue weighted by molar-refractivity contribution is 7.89. The van der Waals surface area contributed by atoms with E-state index in [1.165, 1.54) is 29.7 Å². The van der Waals surface area contributed by atoms with Crippen molar-refractivity contribution in [1.29, 1.82) is 0 Å². The van der Waals surface area contributed by atoms with E-state index in [0.29, 0.717) is 29.6 Å². The molecule has 0 radical (unpaired) electrons. The van der Waals surface area contributed by atoms with E-state index in [-0.39, 0.29) is 18.1 Å². The van der Waals surface area contributed by atoms with Crippen LogP contribution in [0.3, 0.4) is 0 Å². The first-order valence-electron chi connectivity index (χ1n) is 10.7. The maximum atomic E-state index is 14.6. The lowest BCUT2D eigenvalue weighted by Crippen LogP contribution is -2.47. The van der Waals surface area contributed by atoms with E-state index in [4.69, 9.17) is 27.3 Å². The number of nitrogens with one attached hydrogen (secondary N) is 2. The first-order valence-corrected chi connectivity index (χ1v) is 12.6. The van der Waals surface area contributed by atoms with Crippen molar-refractivity contribution >= 4 is 27.5 Å². The Morgan fingerprint density at radius 3 is 2.21 bits per heavy atom. The number of benzene rings is 2. The predicted octanol–water partition coefficient (Wildman–Crippen LogP) is 3.72. The summed E-state index contributed by atoms with van der Waals surface area (Å²) in [5.41, 5.74) is 7.14. The summed E-state index contributed by atoms with van der Waals surface area (Å²) in [5, 5.41) is 9.47. The van der Waals surface area contributed by atoms with E-state index in [2.05, 4.69) is 4.72 Å². The standard InChI is InChI=1S/C22H26ClF2N3O5S/c23-15-5-7-16(8-6-15)33-21-18(24)10-17(11-19(21)25)34(31,32)28-20(22(29)27-30)9-13-1-3-14(12-26)4-2-13/h5-8,10-11,13-14,20,28,30H,1-4,9,12,26H2,(H,27,29)/t13?,14?,20-/m0/s1. The van der Waals surface area contributed by atoms with Gasteiger partial charge in [-0.15, -0.1) is 0 Å². The van der Waals surface area contributed by atoms with Crippen LogP contribution < -0.4 is 20.7 Å². The number of carbonyl (C=O) groups excluding carboxylic acids is 1. The van der Waals surface area contributed by atoms with Gasteiger partial charge in [0.2, 0.25) is 10.0 Å². The highest BCUT2D eigenvalue weighted by Gasteiger charge is 2.31. The fraction of sp³-hybridized carbons (Fsp3) is 0.409. The van der Waals surface area contributed by atoms with Crippen LogP contribution >= 0.6 is 11.6 Å². The highest BCUT2D eigenvalue weighted by Crippen LogP contribution is 2.33. The van der Waals surface area contributed by atoms with E-state index in [1.54, 1.807) is 0 Å². The average Bonchev–Trinajstić information content (AvgIpc) is 2.81. The molecule has 2 aromatic rings. The van der Waals surface area contributed by atoms with Crippen LogP contribution in [0.2, 0.25) is 5.02 Å². The molecule has 1 aliphatic carbocycles. The van der Waals surface area contributed by atoms with Crippen molar-refractivity contribution < 1.29 is 31.9 Å². The Kier molecular flexibility index (Phi) is 8.83. The Balaban J connectivity index is 1.77. The zero-order chi connectivity index (χ0) is 24.9. The Hall–Kier alpha value is -2.31. The fourth-order valence-corrected chi connectivity index (χ4v) is 5.35. The normalized spacial score (nSPS) is 19.4. The molecule has 0 spiro atoms. The van der Waals surface area contributed by atoms with Gasteiger partial charge in [-0.05, 0) is 74.0 Å². The van der Waals surface area contributed by atoms with Crippen LogP contribution in [0.25, 0.3) is 0 Å². The van der Waals surface area contributed by atoms with Gasteiger partial charge in [-0.1, -0.05) is 24.4 Å². The van der Waals surface area contributed by atoms with Crippen molar-refractivity contribution in [2.75, 3.05) is 6.54 Å². The number of rotatable bonds is 9. The average molecular weight is 518 g/mol. The molecule has 1 aliphatic rings. The smallest absolute Gasteiger partial charge is 0.261 e. The number of ether oxygens (including phenoxy) is 1. The van der Waals surface area contributed by atoms with Crippen molar-refractivity contribution in [2.45, 2.75) is 43.0 Å². The number of hydrogen-bond donors (Lipinski definition) is 4. The third-order valence-electron chi connectivity index (χ3n) is 5.91. The van der Waals surface area contributed by atoms with Gasteiger partial charge in [0, 0.05) is 5.02 Å². The summed E-state index contributed by atoms with van der Waals surface area (Å²) in [6.07, 6.45) is 3.32. The quantitative estimate of drug-likeness (QED) is 0.296. The number of sulfonamides is 1. The lowest BCUT2D eigenvalue weighted by atomic mass is 9.79. The van der Waals surface area contributed by atoms with Gasteiger partial charge in [-0.2, -0.15) is 4.72 Å². The van der Waals surface area contributed by atoms with E-state index >= 15 is 0 Å². The molecule has 8 nitrogen and oxygen atoms in total. The van der Waals surface area contributed by atoms with Crippen LogP contribution in [0.4, 0.5) is 8.78 Å². The van der Waals surface area contributed by atoms with Gasteiger partial charge in [-0.3, -0.25) is 10.0 Å². The molecular formula is C22H26ClF2N3O5S. The number of hydroxylamine groups is 1. The number of nitrogens with two attached hydrogens (primary N) is 1. The van der Waals surface area contributed by atoms with Crippen LogP contribution in [0.5, 0.6) is 11.5 Å². The topological polar surface area (TPSA) is 131 Å². The molecule has 1 amide bonds. The molecule has 1 saturated carbocycles. The van der Waals surface area contributed by atoms with Crippen LogP contribution in [0.1, 0.15) is 32.1 Å². The second-order valence-electron chi connectivity index (χ2n) is 8.28. The lowest BCUT2D eigenvalue weighted by molar-refractivity contribution is -0.131. The summed E-state index contributed by atoms with van der Waals surface area (Å²) in [5.74, 6) is -3.75. The van der Waals surface area contributed by atoms with E-state index in [1.807, 2.05) is 0 Å². The Morgan fingerprint density at radius 2 is 1.68 bits per heavy atom. The number of halogens is 3. The molecule has 0 bridgehead atoms. The Labute approximate surface area is 201 Å². The second kappa shape index (κ2) is 11.4. The van der Waals surface area contributed by atoms with Crippen LogP contribution in [0.15, 0.2) is 41.3 Å². The molecule has 1 atom stereocenters. The number of carbonyl (C=O) groups is 1. The van der Waals surface area contributed by atoms with Crippen LogP contribution in [-0.2, 0) is 14.8 Å². The minimum absolute atomic E-state index is 0.0245. The Morgan fingerprint density at radius 1 is 1.12 bits per heavy atom. The molecule has 186 valence electrons.